The Balaban J connectivity index is 1.70. The van der Waals surface area contributed by atoms with E-state index in [0.717, 1.165) is 47.7 Å². The van der Waals surface area contributed by atoms with Crippen LogP contribution in [-0.2, 0) is 19.5 Å². The molecule has 1 aromatic heterocycles. The van der Waals surface area contributed by atoms with Crippen LogP contribution in [0.4, 0.5) is 0 Å². The fraction of sp³-hybridized carbons (Fsp3) is 0.471. The highest BCUT2D eigenvalue weighted by molar-refractivity contribution is 5.95. The largest absolute Gasteiger partial charge is 0.345 e. The van der Waals surface area contributed by atoms with Gasteiger partial charge in [-0.05, 0) is 38.3 Å². The van der Waals surface area contributed by atoms with Gasteiger partial charge in [0.25, 0.3) is 5.91 Å². The summed E-state index contributed by atoms with van der Waals surface area (Å²) in [7, 11) is 0. The Morgan fingerprint density at radius 1 is 1.23 bits per heavy atom. The maximum absolute atomic E-state index is 12.3. The lowest BCUT2D eigenvalue weighted by molar-refractivity contribution is 0.0949. The monoisotopic (exact) mass is 298 g/mol. The van der Waals surface area contributed by atoms with E-state index in [4.69, 9.17) is 0 Å². The smallest absolute Gasteiger partial charge is 0.251 e. The molecule has 0 radical (unpaired) electrons. The third kappa shape index (κ3) is 3.03. The number of hydrogen-bond donors (Lipinski definition) is 1. The van der Waals surface area contributed by atoms with Gasteiger partial charge in [-0.2, -0.15) is 0 Å². The molecular weight excluding hydrogens is 276 g/mol. The van der Waals surface area contributed by atoms with Crippen LogP contribution in [0.2, 0.25) is 0 Å². The average molecular weight is 298 g/mol. The molecule has 0 bridgehead atoms. The third-order valence-electron chi connectivity index (χ3n) is 4.22. The summed E-state index contributed by atoms with van der Waals surface area (Å²) in [6.07, 6.45) is 4.55. The molecule has 3 rings (SSSR count). The van der Waals surface area contributed by atoms with E-state index in [1.165, 1.54) is 12.8 Å². The Morgan fingerprint density at radius 3 is 2.91 bits per heavy atom. The highest BCUT2D eigenvalue weighted by Gasteiger charge is 2.16. The molecule has 0 atom stereocenters. The van der Waals surface area contributed by atoms with Crippen molar-refractivity contribution in [1.29, 1.82) is 0 Å². The Kier molecular flexibility index (Phi) is 4.22. The molecule has 1 aliphatic rings. The van der Waals surface area contributed by atoms with Crippen LogP contribution in [0.1, 0.15) is 52.4 Å². The predicted molar refractivity (Wildman–Crippen MR) is 84.7 cm³/mol. The summed E-state index contributed by atoms with van der Waals surface area (Å²) in [5.74, 6) is 1.85. The van der Waals surface area contributed by atoms with Crippen LogP contribution >= 0.6 is 0 Å². The number of benzene rings is 1. The summed E-state index contributed by atoms with van der Waals surface area (Å²) in [6, 6.07) is 5.87. The first-order valence-corrected chi connectivity index (χ1v) is 7.91. The van der Waals surface area contributed by atoms with E-state index in [1.54, 1.807) is 0 Å². The van der Waals surface area contributed by atoms with Crippen molar-refractivity contribution in [2.24, 2.45) is 0 Å². The van der Waals surface area contributed by atoms with E-state index >= 15 is 0 Å². The van der Waals surface area contributed by atoms with Gasteiger partial charge in [0.2, 0.25) is 0 Å². The second-order valence-corrected chi connectivity index (χ2v) is 6.00. The summed E-state index contributed by atoms with van der Waals surface area (Å²) in [4.78, 5) is 12.3. The van der Waals surface area contributed by atoms with Crippen molar-refractivity contribution in [3.05, 3.63) is 46.5 Å². The van der Waals surface area contributed by atoms with Crippen molar-refractivity contribution in [3.63, 3.8) is 0 Å². The van der Waals surface area contributed by atoms with E-state index in [-0.39, 0.29) is 5.91 Å². The van der Waals surface area contributed by atoms with Crippen molar-refractivity contribution >= 4 is 5.91 Å². The van der Waals surface area contributed by atoms with Gasteiger partial charge in [-0.3, -0.25) is 4.79 Å². The number of aromatic nitrogens is 3. The number of amides is 1. The minimum absolute atomic E-state index is 0.0523. The van der Waals surface area contributed by atoms with Crippen LogP contribution < -0.4 is 5.32 Å². The number of fused-ring (bicyclic) bond motifs is 1. The van der Waals surface area contributed by atoms with E-state index in [1.807, 2.05) is 32.0 Å². The quantitative estimate of drug-likeness (QED) is 0.947. The maximum atomic E-state index is 12.3. The average Bonchev–Trinajstić information content (AvgIpc) is 2.72. The number of rotatable bonds is 3. The van der Waals surface area contributed by atoms with Crippen molar-refractivity contribution in [2.45, 2.75) is 52.6 Å². The van der Waals surface area contributed by atoms with Gasteiger partial charge >= 0.3 is 0 Å². The first-order valence-electron chi connectivity index (χ1n) is 7.91. The minimum Gasteiger partial charge on any atom is -0.345 e. The first-order chi connectivity index (χ1) is 10.6. The number of nitrogens with zero attached hydrogens (tertiary/aromatic N) is 3. The lowest BCUT2D eigenvalue weighted by atomic mass is 10.1. The molecule has 1 aliphatic heterocycles. The zero-order valence-electron chi connectivity index (χ0n) is 13.2. The zero-order chi connectivity index (χ0) is 15.5. The second-order valence-electron chi connectivity index (χ2n) is 6.00. The van der Waals surface area contributed by atoms with Crippen LogP contribution in [0.25, 0.3) is 0 Å². The molecule has 2 aromatic rings. The van der Waals surface area contributed by atoms with E-state index < -0.39 is 0 Å². The maximum Gasteiger partial charge on any atom is 0.251 e. The van der Waals surface area contributed by atoms with Crippen LogP contribution in [0.5, 0.6) is 0 Å². The molecule has 22 heavy (non-hydrogen) atoms. The van der Waals surface area contributed by atoms with Gasteiger partial charge < -0.3 is 9.88 Å². The van der Waals surface area contributed by atoms with Crippen molar-refractivity contribution in [2.75, 3.05) is 0 Å². The Morgan fingerprint density at radius 2 is 2.09 bits per heavy atom. The molecule has 2 heterocycles. The second kappa shape index (κ2) is 6.30. The summed E-state index contributed by atoms with van der Waals surface area (Å²) >= 11 is 0. The minimum atomic E-state index is -0.0523. The molecule has 1 aromatic carbocycles. The topological polar surface area (TPSA) is 59.8 Å². The standard InChI is InChI=1S/C17H22N4O/c1-12-7-8-14(13(2)10-12)17(22)18-11-16-20-19-15-6-4-3-5-9-21(15)16/h7-8,10H,3-6,9,11H2,1-2H3,(H,18,22). The summed E-state index contributed by atoms with van der Waals surface area (Å²) in [6.45, 7) is 5.38. The van der Waals surface area contributed by atoms with E-state index in [9.17, 15) is 4.79 Å². The van der Waals surface area contributed by atoms with Gasteiger partial charge in [0.05, 0.1) is 6.54 Å². The molecule has 0 unspecified atom stereocenters. The van der Waals surface area contributed by atoms with Gasteiger partial charge in [0.1, 0.15) is 5.82 Å². The number of aryl methyl sites for hydroxylation is 3. The van der Waals surface area contributed by atoms with Crippen LogP contribution in [-0.4, -0.2) is 20.7 Å². The SMILES string of the molecule is Cc1ccc(C(=O)NCc2nnc3n2CCCCC3)c(C)c1. The Hall–Kier alpha value is -2.17. The van der Waals surface area contributed by atoms with E-state index in [2.05, 4.69) is 20.1 Å². The molecule has 0 saturated carbocycles. The van der Waals surface area contributed by atoms with Gasteiger partial charge in [0, 0.05) is 18.5 Å². The number of carbonyl (C=O) groups excluding carboxylic acids is 1. The molecule has 0 fully saturated rings. The number of carbonyl (C=O) groups is 1. The summed E-state index contributed by atoms with van der Waals surface area (Å²) < 4.78 is 2.16. The number of hydrogen-bond acceptors (Lipinski definition) is 3. The highest BCUT2D eigenvalue weighted by Crippen LogP contribution is 2.15. The summed E-state index contributed by atoms with van der Waals surface area (Å²) in [5, 5.41) is 11.5. The van der Waals surface area contributed by atoms with Crippen molar-refractivity contribution < 1.29 is 4.79 Å². The normalized spacial score (nSPS) is 14.3. The molecule has 1 N–H and O–H groups in total. The molecule has 116 valence electrons. The molecule has 1 amide bonds. The molecule has 0 spiro atoms. The van der Waals surface area contributed by atoms with Crippen LogP contribution in [0.15, 0.2) is 18.2 Å². The molecular formula is C17H22N4O. The van der Waals surface area contributed by atoms with Gasteiger partial charge in [-0.1, -0.05) is 24.1 Å². The molecule has 5 heteroatoms. The van der Waals surface area contributed by atoms with Crippen molar-refractivity contribution in [1.82, 2.24) is 20.1 Å². The lowest BCUT2D eigenvalue weighted by Crippen LogP contribution is -2.25. The van der Waals surface area contributed by atoms with Gasteiger partial charge in [-0.15, -0.1) is 10.2 Å². The predicted octanol–water partition coefficient (Wildman–Crippen LogP) is 2.55. The fourth-order valence-corrected chi connectivity index (χ4v) is 3.00. The van der Waals surface area contributed by atoms with E-state index in [0.29, 0.717) is 6.54 Å². The highest BCUT2D eigenvalue weighted by atomic mass is 16.1. The summed E-state index contributed by atoms with van der Waals surface area (Å²) in [5.41, 5.74) is 2.88. The fourth-order valence-electron chi connectivity index (χ4n) is 3.00. The zero-order valence-corrected chi connectivity index (χ0v) is 13.2. The first kappa shape index (κ1) is 14.8. The molecule has 0 saturated heterocycles. The van der Waals surface area contributed by atoms with Crippen LogP contribution in [0, 0.1) is 13.8 Å². The lowest BCUT2D eigenvalue weighted by Gasteiger charge is -2.10. The van der Waals surface area contributed by atoms with Crippen molar-refractivity contribution in [3.8, 4) is 0 Å². The Labute approximate surface area is 130 Å². The number of nitrogens with one attached hydrogen (secondary N) is 1. The van der Waals surface area contributed by atoms with Crippen LogP contribution in [0.3, 0.4) is 0 Å². The molecule has 5 nitrogen and oxygen atoms in total. The molecule has 0 aliphatic carbocycles. The third-order valence-corrected chi connectivity index (χ3v) is 4.22. The Bertz CT molecular complexity index is 690. The van der Waals surface area contributed by atoms with Gasteiger partial charge in [-0.25, -0.2) is 0 Å². The van der Waals surface area contributed by atoms with Gasteiger partial charge in [0.15, 0.2) is 5.82 Å².